The Hall–Kier alpha value is -0.930. The number of halogens is 1. The maximum absolute atomic E-state index is 15.3. The summed E-state index contributed by atoms with van der Waals surface area (Å²) in [6.45, 7) is 4.39. The first-order chi connectivity index (χ1) is 8.69. The Balaban J connectivity index is 1.86. The summed E-state index contributed by atoms with van der Waals surface area (Å²) < 4.78 is 15.3. The molecule has 1 aromatic carbocycles. The lowest BCUT2D eigenvalue weighted by molar-refractivity contribution is 0.0442. The molecule has 0 aliphatic carbocycles. The van der Waals surface area contributed by atoms with Gasteiger partial charge in [0.2, 0.25) is 0 Å². The highest BCUT2D eigenvalue weighted by Gasteiger charge is 2.45. The maximum atomic E-state index is 15.3. The second kappa shape index (κ2) is 4.63. The fourth-order valence-electron chi connectivity index (χ4n) is 3.37. The molecule has 3 heteroatoms. The van der Waals surface area contributed by atoms with Crippen LogP contribution in [0.5, 0.6) is 0 Å². The summed E-state index contributed by atoms with van der Waals surface area (Å²) >= 11 is 0. The van der Waals surface area contributed by atoms with E-state index in [9.17, 15) is 0 Å². The van der Waals surface area contributed by atoms with Gasteiger partial charge in [-0.05, 0) is 37.4 Å². The molecule has 0 saturated carbocycles. The summed E-state index contributed by atoms with van der Waals surface area (Å²) in [7, 11) is 0. The molecule has 2 heterocycles. The molecule has 0 bridgehead atoms. The van der Waals surface area contributed by atoms with Gasteiger partial charge in [0, 0.05) is 19.0 Å². The summed E-state index contributed by atoms with van der Waals surface area (Å²) in [6, 6.07) is 8.04. The van der Waals surface area contributed by atoms with Crippen LogP contribution >= 0.6 is 0 Å². The third-order valence-electron chi connectivity index (χ3n) is 4.52. The van der Waals surface area contributed by atoms with E-state index in [0.717, 1.165) is 38.0 Å². The predicted molar refractivity (Wildman–Crippen MR) is 71.1 cm³/mol. The van der Waals surface area contributed by atoms with E-state index >= 15 is 4.39 Å². The van der Waals surface area contributed by atoms with Crippen LogP contribution in [0.2, 0.25) is 0 Å². The number of alkyl halides is 1. The van der Waals surface area contributed by atoms with Crippen LogP contribution in [0.25, 0.3) is 0 Å². The third kappa shape index (κ3) is 1.95. The van der Waals surface area contributed by atoms with Crippen LogP contribution in [0.15, 0.2) is 24.3 Å². The lowest BCUT2D eigenvalue weighted by atomic mass is 9.78. The van der Waals surface area contributed by atoms with Crippen LogP contribution in [-0.2, 0) is 6.54 Å². The molecule has 98 valence electrons. The summed E-state index contributed by atoms with van der Waals surface area (Å²) in [6.07, 6.45) is 2.07. The number of hydrogen-bond acceptors (Lipinski definition) is 2. The van der Waals surface area contributed by atoms with E-state index in [1.165, 1.54) is 5.56 Å². The van der Waals surface area contributed by atoms with Gasteiger partial charge in [-0.1, -0.05) is 24.3 Å². The summed E-state index contributed by atoms with van der Waals surface area (Å²) in [5, 5.41) is 6.68. The minimum Gasteiger partial charge on any atom is -0.316 e. The largest absolute Gasteiger partial charge is 0.316 e. The van der Waals surface area contributed by atoms with Crippen LogP contribution in [0.4, 0.5) is 4.39 Å². The second-order valence-electron chi connectivity index (χ2n) is 5.71. The highest BCUT2D eigenvalue weighted by Crippen LogP contribution is 2.42. The van der Waals surface area contributed by atoms with Gasteiger partial charge in [-0.3, -0.25) is 0 Å². The summed E-state index contributed by atoms with van der Waals surface area (Å²) in [5.41, 5.74) is 1.21. The molecular formula is C15H21FN2. The molecule has 2 N–H and O–H groups in total. The average molecular weight is 248 g/mol. The molecule has 0 amide bonds. The Morgan fingerprint density at radius 2 is 2.17 bits per heavy atom. The zero-order chi connectivity index (χ0) is 12.6. The first-order valence-corrected chi connectivity index (χ1v) is 6.90. The van der Waals surface area contributed by atoms with Crippen LogP contribution in [0, 0.1) is 5.92 Å². The smallest absolute Gasteiger partial charge is 0.131 e. The molecule has 2 aliphatic rings. The van der Waals surface area contributed by atoms with Crippen molar-refractivity contribution >= 4 is 0 Å². The van der Waals surface area contributed by atoms with Crippen molar-refractivity contribution in [3.05, 3.63) is 35.4 Å². The van der Waals surface area contributed by atoms with Crippen molar-refractivity contribution in [2.24, 2.45) is 5.92 Å². The molecule has 2 aliphatic heterocycles. The fraction of sp³-hybridized carbons (Fsp3) is 0.600. The maximum Gasteiger partial charge on any atom is 0.131 e. The molecule has 1 fully saturated rings. The molecule has 0 aromatic heterocycles. The van der Waals surface area contributed by atoms with E-state index in [1.807, 2.05) is 12.1 Å². The van der Waals surface area contributed by atoms with Gasteiger partial charge < -0.3 is 10.6 Å². The van der Waals surface area contributed by atoms with Crippen LogP contribution < -0.4 is 10.6 Å². The van der Waals surface area contributed by atoms with Gasteiger partial charge in [0.05, 0.1) is 6.04 Å². The molecule has 18 heavy (non-hydrogen) atoms. The van der Waals surface area contributed by atoms with Gasteiger partial charge in [0.25, 0.3) is 0 Å². The highest BCUT2D eigenvalue weighted by atomic mass is 19.1. The van der Waals surface area contributed by atoms with E-state index in [0.29, 0.717) is 0 Å². The van der Waals surface area contributed by atoms with E-state index in [4.69, 9.17) is 0 Å². The minimum atomic E-state index is -1.18. The number of fused-ring (bicyclic) bond motifs is 1. The minimum absolute atomic E-state index is 0.106. The molecule has 0 radical (unpaired) electrons. The molecule has 2 nitrogen and oxygen atoms in total. The highest BCUT2D eigenvalue weighted by molar-refractivity contribution is 5.36. The van der Waals surface area contributed by atoms with Gasteiger partial charge in [0.15, 0.2) is 0 Å². The Bertz CT molecular complexity index is 424. The van der Waals surface area contributed by atoms with Crippen molar-refractivity contribution in [2.75, 3.05) is 13.1 Å². The normalized spacial score (nSPS) is 30.8. The Labute approximate surface area is 108 Å². The Kier molecular flexibility index (Phi) is 3.12. The molecule has 0 spiro atoms. The van der Waals surface area contributed by atoms with Crippen molar-refractivity contribution in [1.29, 1.82) is 0 Å². The number of piperidine rings is 1. The van der Waals surface area contributed by atoms with Gasteiger partial charge in [-0.15, -0.1) is 0 Å². The summed E-state index contributed by atoms with van der Waals surface area (Å²) in [5.74, 6) is 0.106. The van der Waals surface area contributed by atoms with E-state index in [-0.39, 0.29) is 12.0 Å². The SMILES string of the molecule is CC(F)(C1CCCNC1)C1NCc2ccccc21. The Morgan fingerprint density at radius 3 is 2.94 bits per heavy atom. The zero-order valence-electron chi connectivity index (χ0n) is 10.9. The lowest BCUT2D eigenvalue weighted by Crippen LogP contribution is -2.47. The quantitative estimate of drug-likeness (QED) is 0.840. The van der Waals surface area contributed by atoms with Crippen molar-refractivity contribution < 1.29 is 4.39 Å². The fourth-order valence-corrected chi connectivity index (χ4v) is 3.37. The van der Waals surface area contributed by atoms with Gasteiger partial charge in [-0.25, -0.2) is 4.39 Å². The standard InChI is InChI=1S/C15H21FN2/c1-15(16,12-6-4-8-17-10-12)14-13-7-3-2-5-11(13)9-18-14/h2-3,5,7,12,14,17-18H,4,6,8-10H2,1H3. The first kappa shape index (κ1) is 12.1. The van der Waals surface area contributed by atoms with Gasteiger partial charge >= 0.3 is 0 Å². The van der Waals surface area contributed by atoms with Crippen molar-refractivity contribution in [3.8, 4) is 0 Å². The van der Waals surface area contributed by atoms with Gasteiger partial charge in [-0.2, -0.15) is 0 Å². The van der Waals surface area contributed by atoms with Crippen molar-refractivity contribution in [2.45, 2.75) is 38.0 Å². The molecule has 3 atom stereocenters. The van der Waals surface area contributed by atoms with E-state index < -0.39 is 5.67 Å². The third-order valence-corrected chi connectivity index (χ3v) is 4.52. The number of rotatable bonds is 2. The van der Waals surface area contributed by atoms with E-state index in [1.54, 1.807) is 6.92 Å². The first-order valence-electron chi connectivity index (χ1n) is 6.90. The average Bonchev–Trinajstić information content (AvgIpc) is 2.84. The van der Waals surface area contributed by atoms with Gasteiger partial charge in [0.1, 0.15) is 5.67 Å². The molecular weight excluding hydrogens is 227 g/mol. The zero-order valence-corrected chi connectivity index (χ0v) is 10.9. The molecule has 3 unspecified atom stereocenters. The Morgan fingerprint density at radius 1 is 1.33 bits per heavy atom. The summed E-state index contributed by atoms with van der Waals surface area (Å²) in [4.78, 5) is 0. The predicted octanol–water partition coefficient (Wildman–Crippen LogP) is 2.56. The number of benzene rings is 1. The van der Waals surface area contributed by atoms with Crippen LogP contribution in [-0.4, -0.2) is 18.8 Å². The number of hydrogen-bond donors (Lipinski definition) is 2. The number of nitrogens with one attached hydrogen (secondary N) is 2. The molecule has 1 aromatic rings. The molecule has 1 saturated heterocycles. The monoisotopic (exact) mass is 248 g/mol. The van der Waals surface area contributed by atoms with Crippen LogP contribution in [0.1, 0.15) is 36.9 Å². The second-order valence-corrected chi connectivity index (χ2v) is 5.71. The van der Waals surface area contributed by atoms with E-state index in [2.05, 4.69) is 22.8 Å². The van der Waals surface area contributed by atoms with Crippen LogP contribution in [0.3, 0.4) is 0 Å². The van der Waals surface area contributed by atoms with Crippen molar-refractivity contribution in [1.82, 2.24) is 10.6 Å². The molecule has 3 rings (SSSR count). The lowest BCUT2D eigenvalue weighted by Gasteiger charge is -2.38. The topological polar surface area (TPSA) is 24.1 Å². The van der Waals surface area contributed by atoms with Crippen molar-refractivity contribution in [3.63, 3.8) is 0 Å².